The van der Waals surface area contributed by atoms with Gasteiger partial charge in [-0.3, -0.25) is 4.79 Å². The second-order valence-corrected chi connectivity index (χ2v) is 9.83. The molecule has 1 aliphatic heterocycles. The van der Waals surface area contributed by atoms with Gasteiger partial charge in [0.2, 0.25) is 16.0 Å². The molecule has 9 nitrogen and oxygen atoms in total. The van der Waals surface area contributed by atoms with Crippen LogP contribution in [-0.2, 0) is 23.5 Å². The first kappa shape index (κ1) is 21.2. The molecule has 10 heteroatoms. The van der Waals surface area contributed by atoms with Gasteiger partial charge in [-0.25, -0.2) is 23.1 Å². The average Bonchev–Trinajstić information content (AvgIpc) is 3.53. The van der Waals surface area contributed by atoms with E-state index in [4.69, 9.17) is 5.73 Å². The Morgan fingerprint density at radius 3 is 2.82 bits per heavy atom. The number of fused-ring (bicyclic) bond motifs is 1. The van der Waals surface area contributed by atoms with E-state index in [1.807, 2.05) is 11.6 Å². The van der Waals surface area contributed by atoms with E-state index in [0.717, 1.165) is 25.0 Å². The lowest BCUT2D eigenvalue weighted by molar-refractivity contribution is 0.0945. The highest BCUT2D eigenvalue weighted by molar-refractivity contribution is 7.89. The van der Waals surface area contributed by atoms with Gasteiger partial charge in [0.25, 0.3) is 5.91 Å². The van der Waals surface area contributed by atoms with Crippen LogP contribution in [0.5, 0.6) is 0 Å². The zero-order chi connectivity index (χ0) is 23.2. The minimum atomic E-state index is -3.57. The van der Waals surface area contributed by atoms with Gasteiger partial charge < -0.3 is 15.6 Å². The molecule has 1 amide bonds. The van der Waals surface area contributed by atoms with Crippen molar-refractivity contribution in [2.45, 2.75) is 30.2 Å². The molecule has 0 saturated heterocycles. The number of nitrogen functional groups attached to an aromatic ring is 1. The Kier molecular flexibility index (Phi) is 5.15. The SMILES string of the molecule is Cn1c(-c2nc(N)ncc2C#Cc2cccc(S(=O)(=O)NC3CC3)c2)cc2c1CCNC2=O. The summed E-state index contributed by atoms with van der Waals surface area (Å²) in [5.41, 5.74) is 9.67. The van der Waals surface area contributed by atoms with Crippen LogP contribution in [0.4, 0.5) is 5.95 Å². The summed E-state index contributed by atoms with van der Waals surface area (Å²) in [6, 6.07) is 8.31. The molecular formula is C23H22N6O3S. The van der Waals surface area contributed by atoms with Gasteiger partial charge in [-0.15, -0.1) is 0 Å². The lowest BCUT2D eigenvalue weighted by Crippen LogP contribution is -2.31. The molecule has 1 aliphatic carbocycles. The van der Waals surface area contributed by atoms with E-state index in [1.54, 1.807) is 30.3 Å². The number of nitrogens with two attached hydrogens (primary N) is 1. The fourth-order valence-electron chi connectivity index (χ4n) is 3.81. The van der Waals surface area contributed by atoms with Crippen LogP contribution in [0.2, 0.25) is 0 Å². The molecule has 3 aromatic rings. The summed E-state index contributed by atoms with van der Waals surface area (Å²) in [4.78, 5) is 20.9. The van der Waals surface area contributed by atoms with Gasteiger partial charge in [0, 0.05) is 43.5 Å². The van der Waals surface area contributed by atoms with Crippen molar-refractivity contribution >= 4 is 21.9 Å². The lowest BCUT2D eigenvalue weighted by atomic mass is 10.1. The van der Waals surface area contributed by atoms with Crippen molar-refractivity contribution in [1.82, 2.24) is 24.6 Å². The number of nitrogens with one attached hydrogen (secondary N) is 2. The highest BCUT2D eigenvalue weighted by atomic mass is 32.2. The predicted molar refractivity (Wildman–Crippen MR) is 123 cm³/mol. The number of carbonyl (C=O) groups excluding carboxylic acids is 1. The number of anilines is 1. The van der Waals surface area contributed by atoms with E-state index in [0.29, 0.717) is 34.6 Å². The molecule has 0 bridgehead atoms. The Morgan fingerprint density at radius 1 is 1.24 bits per heavy atom. The Hall–Kier alpha value is -3.68. The molecule has 5 rings (SSSR count). The summed E-state index contributed by atoms with van der Waals surface area (Å²) >= 11 is 0. The fraction of sp³-hybridized carbons (Fsp3) is 0.261. The summed E-state index contributed by atoms with van der Waals surface area (Å²) in [6.07, 6.45) is 3.98. The molecule has 4 N–H and O–H groups in total. The largest absolute Gasteiger partial charge is 0.368 e. The predicted octanol–water partition coefficient (Wildman–Crippen LogP) is 1.19. The van der Waals surface area contributed by atoms with Gasteiger partial charge in [-0.05, 0) is 37.1 Å². The number of amides is 1. The molecular weight excluding hydrogens is 440 g/mol. The van der Waals surface area contributed by atoms with Gasteiger partial charge in [0.1, 0.15) is 5.69 Å². The van der Waals surface area contributed by atoms with Gasteiger partial charge in [0.05, 0.1) is 21.7 Å². The average molecular weight is 463 g/mol. The van der Waals surface area contributed by atoms with E-state index in [-0.39, 0.29) is 22.8 Å². The zero-order valence-corrected chi connectivity index (χ0v) is 18.7. The third kappa shape index (κ3) is 4.20. The summed E-state index contributed by atoms with van der Waals surface area (Å²) in [6.45, 7) is 0.580. The number of benzene rings is 1. The topological polar surface area (TPSA) is 132 Å². The standard InChI is InChI=1S/C23H22N6O3S/c1-29-19-9-10-25-22(30)18(19)12-20(29)21-15(13-26-23(24)27-21)6-5-14-3-2-4-17(11-14)33(31,32)28-16-7-8-16/h2-4,11-13,16,28H,7-10H2,1H3,(H,25,30)(H2,24,26,27). The molecule has 168 valence electrons. The molecule has 0 radical (unpaired) electrons. The molecule has 1 fully saturated rings. The fourth-order valence-corrected chi connectivity index (χ4v) is 5.16. The maximum Gasteiger partial charge on any atom is 0.253 e. The first-order valence-corrected chi connectivity index (χ1v) is 12.0. The molecule has 1 saturated carbocycles. The van der Waals surface area contributed by atoms with Crippen LogP contribution in [0.15, 0.2) is 41.4 Å². The van der Waals surface area contributed by atoms with E-state index in [2.05, 4.69) is 31.8 Å². The van der Waals surface area contributed by atoms with E-state index < -0.39 is 10.0 Å². The monoisotopic (exact) mass is 462 g/mol. The Morgan fingerprint density at radius 2 is 2.06 bits per heavy atom. The van der Waals surface area contributed by atoms with Crippen LogP contribution in [0, 0.1) is 11.8 Å². The van der Waals surface area contributed by atoms with Crippen LogP contribution < -0.4 is 15.8 Å². The zero-order valence-electron chi connectivity index (χ0n) is 17.9. The van der Waals surface area contributed by atoms with Crippen molar-refractivity contribution in [3.63, 3.8) is 0 Å². The van der Waals surface area contributed by atoms with Crippen LogP contribution in [-0.4, -0.2) is 41.4 Å². The van der Waals surface area contributed by atoms with Crippen LogP contribution >= 0.6 is 0 Å². The second-order valence-electron chi connectivity index (χ2n) is 8.12. The number of hydrogen-bond acceptors (Lipinski definition) is 6. The van der Waals surface area contributed by atoms with E-state index >= 15 is 0 Å². The Bertz CT molecular complexity index is 1440. The molecule has 2 aliphatic rings. The van der Waals surface area contributed by atoms with E-state index in [1.165, 1.54) is 6.20 Å². The minimum absolute atomic E-state index is 0.0254. The molecule has 0 atom stereocenters. The normalized spacial score (nSPS) is 15.4. The number of aromatic nitrogens is 3. The van der Waals surface area contributed by atoms with Crippen molar-refractivity contribution in [3.05, 3.63) is 58.9 Å². The third-order valence-electron chi connectivity index (χ3n) is 5.69. The summed E-state index contributed by atoms with van der Waals surface area (Å²) in [5, 5.41) is 2.84. The molecule has 0 spiro atoms. The maximum absolute atomic E-state index is 12.5. The highest BCUT2D eigenvalue weighted by Gasteiger charge is 2.28. The second kappa shape index (κ2) is 8.03. The molecule has 3 heterocycles. The lowest BCUT2D eigenvalue weighted by Gasteiger charge is -2.14. The first-order chi connectivity index (χ1) is 15.8. The van der Waals surface area contributed by atoms with Crippen LogP contribution in [0.1, 0.15) is 40.0 Å². The molecule has 2 aromatic heterocycles. The van der Waals surface area contributed by atoms with Crippen molar-refractivity contribution in [2.24, 2.45) is 7.05 Å². The van der Waals surface area contributed by atoms with Crippen molar-refractivity contribution in [2.75, 3.05) is 12.3 Å². The quantitative estimate of drug-likeness (QED) is 0.499. The van der Waals surface area contributed by atoms with Gasteiger partial charge >= 0.3 is 0 Å². The maximum atomic E-state index is 12.5. The summed E-state index contributed by atoms with van der Waals surface area (Å²) in [5.74, 6) is 6.03. The van der Waals surface area contributed by atoms with Crippen LogP contribution in [0.3, 0.4) is 0 Å². The highest BCUT2D eigenvalue weighted by Crippen LogP contribution is 2.28. The van der Waals surface area contributed by atoms with Gasteiger partial charge in [-0.1, -0.05) is 17.9 Å². The number of nitrogens with zero attached hydrogens (tertiary/aromatic N) is 3. The molecule has 0 unspecified atom stereocenters. The van der Waals surface area contributed by atoms with Crippen LogP contribution in [0.25, 0.3) is 11.4 Å². The number of carbonyl (C=O) groups is 1. The van der Waals surface area contributed by atoms with E-state index in [9.17, 15) is 13.2 Å². The first-order valence-electron chi connectivity index (χ1n) is 10.6. The minimum Gasteiger partial charge on any atom is -0.368 e. The third-order valence-corrected chi connectivity index (χ3v) is 7.20. The number of hydrogen-bond donors (Lipinski definition) is 3. The molecule has 33 heavy (non-hydrogen) atoms. The summed E-state index contributed by atoms with van der Waals surface area (Å²) in [7, 11) is -1.69. The van der Waals surface area contributed by atoms with Crippen molar-refractivity contribution < 1.29 is 13.2 Å². The number of rotatable bonds is 4. The number of sulfonamides is 1. The Balaban J connectivity index is 1.53. The smallest absolute Gasteiger partial charge is 0.253 e. The molecule has 1 aromatic carbocycles. The summed E-state index contributed by atoms with van der Waals surface area (Å²) < 4.78 is 29.6. The Labute approximate surface area is 191 Å². The van der Waals surface area contributed by atoms with Crippen molar-refractivity contribution in [3.8, 4) is 23.2 Å². The van der Waals surface area contributed by atoms with Gasteiger partial charge in [-0.2, -0.15) is 0 Å². The van der Waals surface area contributed by atoms with Gasteiger partial charge in [0.15, 0.2) is 0 Å². The van der Waals surface area contributed by atoms with Crippen molar-refractivity contribution in [1.29, 1.82) is 0 Å².